The van der Waals surface area contributed by atoms with Gasteiger partial charge in [0.25, 0.3) is 0 Å². The summed E-state index contributed by atoms with van der Waals surface area (Å²) in [6, 6.07) is 0. The van der Waals surface area contributed by atoms with E-state index < -0.39 is 31.7 Å². The fourth-order valence-electron chi connectivity index (χ4n) is 2.47. The lowest BCUT2D eigenvalue weighted by Crippen LogP contribution is -2.49. The number of aryl methyl sites for hydroxylation is 2. The Bertz CT molecular complexity index is 945. The third-order valence-corrected chi connectivity index (χ3v) is 5.29. The molecule has 2 rings (SSSR count). The van der Waals surface area contributed by atoms with E-state index in [0.29, 0.717) is 0 Å². The molecule has 0 aliphatic rings. The van der Waals surface area contributed by atoms with Crippen molar-refractivity contribution in [2.24, 2.45) is 0 Å². The SMILES string of the molecule is C=CCS(=O)(=O)[O-].C=CCS(=O)(=O)[O-].CCCCn1cc[n+](C[n+]2ccn(CCCC)c2)c1. The molecule has 10 nitrogen and oxygen atoms in total. The van der Waals surface area contributed by atoms with E-state index in [4.69, 9.17) is 0 Å². The van der Waals surface area contributed by atoms with E-state index in [0.717, 1.165) is 31.9 Å². The Kier molecular flexibility index (Phi) is 15.2. The standard InChI is InChI=1S/C15H26N4.2C3H6O3S/c1-3-5-7-16-9-11-18(13-16)15-19-12-10-17(14-19)8-6-4-2;2*1-2-3-7(4,5)6/h9-14H,3-8,15H2,1-2H3;2*2H,1,3H2,(H,4,5,6)/q+2;;/p-2. The molecule has 0 unspecified atom stereocenters. The van der Waals surface area contributed by atoms with Crippen molar-refractivity contribution in [1.29, 1.82) is 0 Å². The van der Waals surface area contributed by atoms with Crippen LogP contribution < -0.4 is 9.13 Å². The Balaban J connectivity index is 0.000000605. The molecule has 2 aromatic heterocycles. The van der Waals surface area contributed by atoms with Crippen molar-refractivity contribution < 1.29 is 35.1 Å². The highest BCUT2D eigenvalue weighted by Crippen LogP contribution is 1.94. The zero-order valence-electron chi connectivity index (χ0n) is 19.5. The van der Waals surface area contributed by atoms with Gasteiger partial charge in [-0.3, -0.25) is 0 Å². The molecule has 0 amide bonds. The molecule has 0 aromatic carbocycles. The molecule has 2 heterocycles. The summed E-state index contributed by atoms with van der Waals surface area (Å²) in [7, 11) is -8.08. The number of hydrogen-bond acceptors (Lipinski definition) is 6. The topological polar surface area (TPSA) is 132 Å². The van der Waals surface area contributed by atoms with E-state index in [1.165, 1.54) is 25.7 Å². The fourth-order valence-corrected chi connectivity index (χ4v) is 3.05. The van der Waals surface area contributed by atoms with Crippen molar-refractivity contribution in [1.82, 2.24) is 9.13 Å². The summed E-state index contributed by atoms with van der Waals surface area (Å²) in [6.45, 7) is 13.7. The number of imidazole rings is 2. The van der Waals surface area contributed by atoms with Gasteiger partial charge in [-0.15, -0.1) is 13.2 Å². The van der Waals surface area contributed by atoms with Crippen molar-refractivity contribution in [3.8, 4) is 0 Å². The predicted octanol–water partition coefficient (Wildman–Crippen LogP) is 1.41. The first-order valence-corrected chi connectivity index (χ1v) is 13.8. The van der Waals surface area contributed by atoms with Crippen LogP contribution in [0.3, 0.4) is 0 Å². The first kappa shape index (κ1) is 30.7. The van der Waals surface area contributed by atoms with Crippen molar-refractivity contribution in [3.63, 3.8) is 0 Å². The van der Waals surface area contributed by atoms with Gasteiger partial charge in [0.1, 0.15) is 24.8 Å². The Morgan fingerprint density at radius 3 is 1.39 bits per heavy atom. The van der Waals surface area contributed by atoms with Gasteiger partial charge in [0.05, 0.1) is 44.8 Å². The smallest absolute Gasteiger partial charge is 0.246 e. The van der Waals surface area contributed by atoms with E-state index in [9.17, 15) is 25.9 Å². The average molecular weight is 505 g/mol. The number of rotatable bonds is 12. The van der Waals surface area contributed by atoms with Gasteiger partial charge in [0.15, 0.2) is 0 Å². The molecule has 0 saturated carbocycles. The van der Waals surface area contributed by atoms with E-state index in [2.05, 4.69) is 82.7 Å². The molecule has 0 saturated heterocycles. The van der Waals surface area contributed by atoms with Gasteiger partial charge in [0.2, 0.25) is 19.3 Å². The monoisotopic (exact) mass is 504 g/mol. The lowest BCUT2D eigenvalue weighted by Gasteiger charge is -1.98. The normalized spacial score (nSPS) is 11.0. The Labute approximate surface area is 198 Å². The van der Waals surface area contributed by atoms with E-state index >= 15 is 0 Å². The molecule has 188 valence electrons. The summed E-state index contributed by atoms with van der Waals surface area (Å²) in [6.07, 6.45) is 20.1. The van der Waals surface area contributed by atoms with Gasteiger partial charge in [0, 0.05) is 0 Å². The maximum Gasteiger partial charge on any atom is 0.246 e. The van der Waals surface area contributed by atoms with Crippen LogP contribution in [0, 0.1) is 0 Å². The van der Waals surface area contributed by atoms with E-state index in [1.54, 1.807) is 0 Å². The molecule has 0 atom stereocenters. The van der Waals surface area contributed by atoms with Crippen LogP contribution in [0.25, 0.3) is 0 Å². The third kappa shape index (κ3) is 17.9. The van der Waals surface area contributed by atoms with Crippen molar-refractivity contribution >= 4 is 20.2 Å². The van der Waals surface area contributed by atoms with Gasteiger partial charge >= 0.3 is 0 Å². The van der Waals surface area contributed by atoms with Gasteiger partial charge in [-0.1, -0.05) is 38.8 Å². The molecule has 33 heavy (non-hydrogen) atoms. The van der Waals surface area contributed by atoms with Crippen LogP contribution in [0.15, 0.2) is 62.8 Å². The minimum atomic E-state index is -4.04. The van der Waals surface area contributed by atoms with Crippen molar-refractivity contribution in [2.45, 2.75) is 59.3 Å². The van der Waals surface area contributed by atoms with E-state index in [-0.39, 0.29) is 0 Å². The third-order valence-electron chi connectivity index (χ3n) is 4.00. The number of hydrogen-bond donors (Lipinski definition) is 0. The Morgan fingerprint density at radius 2 is 1.15 bits per heavy atom. The molecule has 0 aliphatic heterocycles. The number of unbranched alkanes of at least 4 members (excludes halogenated alkanes) is 2. The van der Waals surface area contributed by atoms with Gasteiger partial charge in [-0.25, -0.2) is 26.0 Å². The fraction of sp³-hybridized carbons (Fsp3) is 0.524. The lowest BCUT2D eigenvalue weighted by atomic mass is 10.3. The molecule has 0 aliphatic carbocycles. The molecule has 2 aromatic rings. The zero-order valence-corrected chi connectivity index (χ0v) is 21.1. The molecular weight excluding hydrogens is 468 g/mol. The van der Waals surface area contributed by atoms with Gasteiger partial charge in [-0.2, -0.15) is 9.13 Å². The van der Waals surface area contributed by atoms with Crippen LogP contribution >= 0.6 is 0 Å². The molecule has 12 heteroatoms. The summed E-state index contributed by atoms with van der Waals surface area (Å²) in [5.74, 6) is -0.958. The van der Waals surface area contributed by atoms with Gasteiger partial charge < -0.3 is 9.11 Å². The minimum Gasteiger partial charge on any atom is -0.748 e. The maximum atomic E-state index is 9.60. The number of aromatic nitrogens is 4. The van der Waals surface area contributed by atoms with Crippen LogP contribution in [-0.2, 0) is 40.0 Å². The van der Waals surface area contributed by atoms with E-state index in [1.807, 2.05) is 0 Å². The zero-order chi connectivity index (χ0) is 25.3. The quantitative estimate of drug-likeness (QED) is 0.244. The van der Waals surface area contributed by atoms with Gasteiger partial charge in [-0.05, 0) is 12.8 Å². The summed E-state index contributed by atoms with van der Waals surface area (Å²) < 4.78 is 66.6. The number of nitrogens with zero attached hydrogens (tertiary/aromatic N) is 4. The van der Waals surface area contributed by atoms with Crippen LogP contribution in [-0.4, -0.2) is 46.6 Å². The van der Waals surface area contributed by atoms with Crippen LogP contribution in [0.4, 0.5) is 0 Å². The highest BCUT2D eigenvalue weighted by molar-refractivity contribution is 7.86. The average Bonchev–Trinajstić information content (AvgIpc) is 3.33. The summed E-state index contributed by atoms with van der Waals surface area (Å²) in [5.41, 5.74) is 0. The second-order valence-corrected chi connectivity index (χ2v) is 10.1. The maximum absolute atomic E-state index is 9.60. The first-order chi connectivity index (χ1) is 15.4. The molecule has 0 bridgehead atoms. The molecule has 0 spiro atoms. The second-order valence-electron chi connectivity index (χ2n) is 7.21. The largest absolute Gasteiger partial charge is 0.748 e. The molecule has 0 N–H and O–H groups in total. The summed E-state index contributed by atoms with van der Waals surface area (Å²) in [5, 5.41) is 0. The van der Waals surface area contributed by atoms with Crippen LogP contribution in [0.1, 0.15) is 39.5 Å². The molecule has 0 radical (unpaired) electrons. The Hall–Kier alpha value is -2.28. The van der Waals surface area contributed by atoms with Crippen molar-refractivity contribution in [2.75, 3.05) is 11.5 Å². The molecular formula is C21H36N4O6S2. The minimum absolute atomic E-state index is 0.479. The van der Waals surface area contributed by atoms with Crippen LogP contribution in [0.5, 0.6) is 0 Å². The summed E-state index contributed by atoms with van der Waals surface area (Å²) >= 11 is 0. The van der Waals surface area contributed by atoms with Crippen molar-refractivity contribution in [3.05, 3.63) is 62.8 Å². The summed E-state index contributed by atoms with van der Waals surface area (Å²) in [4.78, 5) is 0. The first-order valence-electron chi connectivity index (χ1n) is 10.6. The highest BCUT2D eigenvalue weighted by Gasteiger charge is 2.08. The van der Waals surface area contributed by atoms with Crippen LogP contribution in [0.2, 0.25) is 0 Å². The second kappa shape index (κ2) is 16.4. The highest BCUT2D eigenvalue weighted by atomic mass is 32.2. The molecule has 0 fully saturated rings. The lowest BCUT2D eigenvalue weighted by molar-refractivity contribution is -0.912. The predicted molar refractivity (Wildman–Crippen MR) is 124 cm³/mol. The Morgan fingerprint density at radius 1 is 0.788 bits per heavy atom.